The molecule has 29 heavy (non-hydrogen) atoms. The quantitative estimate of drug-likeness (QED) is 0.513. The second-order valence-corrected chi connectivity index (χ2v) is 8.81. The molecule has 2 N–H and O–H groups in total. The van der Waals surface area contributed by atoms with E-state index in [-0.39, 0.29) is 17.3 Å². The van der Waals surface area contributed by atoms with Crippen molar-refractivity contribution in [3.63, 3.8) is 0 Å². The lowest BCUT2D eigenvalue weighted by atomic mass is 9.97. The van der Waals surface area contributed by atoms with Crippen LogP contribution in [0.15, 0.2) is 24.3 Å². The van der Waals surface area contributed by atoms with Crippen LogP contribution >= 0.6 is 11.3 Å². The monoisotopic (exact) mass is 429 g/mol. The number of rotatable bonds is 11. The minimum atomic E-state index is -3.40. The Morgan fingerprint density at radius 1 is 1.41 bits per heavy atom. The molecule has 0 bridgehead atoms. The zero-order chi connectivity index (χ0) is 21.6. The third-order valence-corrected chi connectivity index (χ3v) is 6.39. The number of nitrogens with zero attached hydrogens (tertiary/aromatic N) is 1. The van der Waals surface area contributed by atoms with Gasteiger partial charge in [-0.3, -0.25) is 4.79 Å². The van der Waals surface area contributed by atoms with Crippen LogP contribution in [-0.4, -0.2) is 51.6 Å². The fourth-order valence-electron chi connectivity index (χ4n) is 3.44. The summed E-state index contributed by atoms with van der Waals surface area (Å²) in [5.41, 5.74) is 0. The molecule has 162 valence electrons. The summed E-state index contributed by atoms with van der Waals surface area (Å²) in [6.45, 7) is 4.15. The van der Waals surface area contributed by atoms with Gasteiger partial charge in [0.1, 0.15) is 4.88 Å². The molecule has 8 heteroatoms. The highest BCUT2D eigenvalue weighted by atomic mass is 32.1. The average Bonchev–Trinajstić information content (AvgIpc) is 3.22. The van der Waals surface area contributed by atoms with Crippen molar-refractivity contribution in [2.24, 2.45) is 5.92 Å². The molecule has 5 nitrogen and oxygen atoms in total. The van der Waals surface area contributed by atoms with E-state index in [2.05, 4.69) is 6.92 Å². The van der Waals surface area contributed by atoms with Crippen molar-refractivity contribution in [2.75, 3.05) is 6.54 Å². The molecule has 3 atom stereocenters. The molecule has 2 unspecified atom stereocenters. The molecule has 1 aliphatic heterocycles. The Labute approximate surface area is 174 Å². The number of thiophene rings is 1. The minimum absolute atomic E-state index is 0.0273. The van der Waals surface area contributed by atoms with Crippen LogP contribution in [-0.2, 0) is 11.2 Å². The van der Waals surface area contributed by atoms with Crippen LogP contribution in [0.4, 0.5) is 8.78 Å². The molecule has 1 aliphatic rings. The van der Waals surface area contributed by atoms with Gasteiger partial charge in [0.15, 0.2) is 0 Å². The largest absolute Gasteiger partial charge is 0.477 e. The highest BCUT2D eigenvalue weighted by Gasteiger charge is 2.52. The lowest BCUT2D eigenvalue weighted by Gasteiger charge is -2.22. The molecule has 1 amide bonds. The van der Waals surface area contributed by atoms with Crippen LogP contribution in [0, 0.1) is 5.92 Å². The number of aliphatic hydroxyl groups is 1. The van der Waals surface area contributed by atoms with Crippen molar-refractivity contribution >= 4 is 23.2 Å². The predicted octanol–water partition coefficient (Wildman–Crippen LogP) is 4.36. The number of aromatic carboxylic acids is 1. The molecule has 2 rings (SSSR count). The minimum Gasteiger partial charge on any atom is -0.477 e. The number of hydrogen-bond acceptors (Lipinski definition) is 4. The van der Waals surface area contributed by atoms with Gasteiger partial charge >= 0.3 is 11.9 Å². The van der Waals surface area contributed by atoms with Gasteiger partial charge < -0.3 is 15.1 Å². The zero-order valence-corrected chi connectivity index (χ0v) is 17.6. The summed E-state index contributed by atoms with van der Waals surface area (Å²) in [6.07, 6.45) is 5.59. The number of halogens is 2. The van der Waals surface area contributed by atoms with Crippen molar-refractivity contribution in [3.8, 4) is 0 Å². The van der Waals surface area contributed by atoms with Crippen molar-refractivity contribution in [1.82, 2.24) is 4.90 Å². The Morgan fingerprint density at radius 2 is 2.14 bits per heavy atom. The molecule has 0 radical (unpaired) electrons. The summed E-state index contributed by atoms with van der Waals surface area (Å²) in [5.74, 6) is -5.54. The smallest absolute Gasteiger partial charge is 0.345 e. The van der Waals surface area contributed by atoms with Crippen LogP contribution in [0.25, 0.3) is 0 Å². The van der Waals surface area contributed by atoms with Crippen molar-refractivity contribution in [3.05, 3.63) is 34.0 Å². The number of amides is 1. The van der Waals surface area contributed by atoms with E-state index in [4.69, 9.17) is 5.11 Å². The molecule has 1 aromatic heterocycles. The molecule has 1 fully saturated rings. The summed E-state index contributed by atoms with van der Waals surface area (Å²) in [7, 11) is 0. The maximum absolute atomic E-state index is 14.0. The third kappa shape index (κ3) is 6.34. The highest BCUT2D eigenvalue weighted by Crippen LogP contribution is 2.34. The highest BCUT2D eigenvalue weighted by molar-refractivity contribution is 7.13. The summed E-state index contributed by atoms with van der Waals surface area (Å²) in [6, 6.07) is 2.48. The summed E-state index contributed by atoms with van der Waals surface area (Å²) < 4.78 is 28.0. The lowest BCUT2D eigenvalue weighted by molar-refractivity contribution is -0.148. The Balaban J connectivity index is 1.96. The fraction of sp³-hybridized carbons (Fsp3) is 0.619. The second kappa shape index (κ2) is 10.3. The molecule has 0 spiro atoms. The van der Waals surface area contributed by atoms with Gasteiger partial charge in [-0.15, -0.1) is 11.3 Å². The predicted molar refractivity (Wildman–Crippen MR) is 109 cm³/mol. The van der Waals surface area contributed by atoms with E-state index in [1.54, 1.807) is 6.07 Å². The van der Waals surface area contributed by atoms with Crippen molar-refractivity contribution in [2.45, 2.75) is 70.4 Å². The first-order valence-corrected chi connectivity index (χ1v) is 10.8. The Bertz CT molecular complexity index is 734. The number of likely N-dealkylation sites (tertiary alicyclic amines) is 1. The molecule has 2 heterocycles. The number of carbonyl (C=O) groups excluding carboxylic acids is 1. The van der Waals surface area contributed by atoms with Gasteiger partial charge in [0, 0.05) is 17.8 Å². The first-order valence-electron chi connectivity index (χ1n) is 10.0. The third-order valence-electron chi connectivity index (χ3n) is 5.26. The number of carbonyl (C=O) groups is 2. The van der Waals surface area contributed by atoms with E-state index in [1.165, 1.54) is 23.1 Å². The summed E-state index contributed by atoms with van der Waals surface area (Å²) >= 11 is 1.15. The molecule has 0 saturated carbocycles. The number of carboxylic acid groups (broad SMARTS) is 1. The maximum Gasteiger partial charge on any atom is 0.345 e. The normalized spacial score (nSPS) is 21.1. The number of aliphatic hydroxyl groups excluding tert-OH is 1. The van der Waals surface area contributed by atoms with E-state index in [0.29, 0.717) is 12.8 Å². The SMILES string of the molecule is CCCCC(C)C(O)/C=C/[C@H]1CC(F)(F)C(=O)N1CCCc1ccc(C(=O)O)s1. The Hall–Kier alpha value is -1.80. The number of carboxylic acids is 1. The molecular weight excluding hydrogens is 400 g/mol. The molecule has 0 aromatic carbocycles. The molecule has 1 aromatic rings. The summed E-state index contributed by atoms with van der Waals surface area (Å²) in [4.78, 5) is 25.3. The van der Waals surface area contributed by atoms with E-state index in [1.807, 2.05) is 6.92 Å². The van der Waals surface area contributed by atoms with E-state index in [0.717, 1.165) is 35.5 Å². The van der Waals surface area contributed by atoms with Gasteiger partial charge in [0.2, 0.25) is 0 Å². The van der Waals surface area contributed by atoms with Crippen molar-refractivity contribution < 1.29 is 28.6 Å². The second-order valence-electron chi connectivity index (χ2n) is 7.64. The topological polar surface area (TPSA) is 77.8 Å². The number of alkyl halides is 2. The van der Waals surface area contributed by atoms with Crippen LogP contribution in [0.3, 0.4) is 0 Å². The van der Waals surface area contributed by atoms with Gasteiger partial charge in [-0.1, -0.05) is 38.8 Å². The van der Waals surface area contributed by atoms with Gasteiger partial charge in [-0.05, 0) is 37.3 Å². The Morgan fingerprint density at radius 3 is 2.76 bits per heavy atom. The molecule has 0 aliphatic carbocycles. The molecule has 1 saturated heterocycles. The first-order chi connectivity index (χ1) is 13.7. The standard InChI is InChI=1S/C21H29F2NO4S/c1-3-4-6-14(2)17(25)10-8-15-13-21(22,23)20(28)24(15)12-5-7-16-9-11-18(29-16)19(26)27/h8-11,14-15,17,25H,3-7,12-13H2,1-2H3,(H,26,27)/b10-8+/t14?,15-,17?/m0/s1. The van der Waals surface area contributed by atoms with Crippen molar-refractivity contribution in [1.29, 1.82) is 0 Å². The van der Waals surface area contributed by atoms with E-state index >= 15 is 0 Å². The molecular formula is C21H29F2NO4S. The number of aryl methyl sites for hydroxylation is 1. The van der Waals surface area contributed by atoms with E-state index < -0.39 is 36.4 Å². The summed E-state index contributed by atoms with van der Waals surface area (Å²) in [5, 5.41) is 19.2. The van der Waals surface area contributed by atoms with Crippen LogP contribution in [0.2, 0.25) is 0 Å². The fourth-order valence-corrected chi connectivity index (χ4v) is 4.33. The Kier molecular flexibility index (Phi) is 8.34. The van der Waals surface area contributed by atoms with Gasteiger partial charge in [-0.25, -0.2) is 4.79 Å². The van der Waals surface area contributed by atoms with E-state index in [9.17, 15) is 23.5 Å². The van der Waals surface area contributed by atoms with Gasteiger partial charge in [0.25, 0.3) is 5.91 Å². The zero-order valence-electron chi connectivity index (χ0n) is 16.8. The van der Waals surface area contributed by atoms with Gasteiger partial charge in [0.05, 0.1) is 12.1 Å². The lowest BCUT2D eigenvalue weighted by Crippen LogP contribution is -2.36. The van der Waals surface area contributed by atoms with Crippen LogP contribution in [0.5, 0.6) is 0 Å². The van der Waals surface area contributed by atoms with Crippen LogP contribution in [0.1, 0.15) is 60.5 Å². The van der Waals surface area contributed by atoms with Crippen LogP contribution < -0.4 is 0 Å². The average molecular weight is 430 g/mol. The first kappa shape index (κ1) is 23.5. The number of hydrogen-bond donors (Lipinski definition) is 2. The van der Waals surface area contributed by atoms with Gasteiger partial charge in [-0.2, -0.15) is 8.78 Å². The maximum atomic E-state index is 14.0. The number of unbranched alkanes of at least 4 members (excludes halogenated alkanes) is 1.